The van der Waals surface area contributed by atoms with Crippen LogP contribution < -0.4 is 5.32 Å². The lowest BCUT2D eigenvalue weighted by molar-refractivity contribution is 0.0481. The van der Waals surface area contributed by atoms with E-state index in [0.29, 0.717) is 6.04 Å². The van der Waals surface area contributed by atoms with Crippen molar-refractivity contribution in [2.75, 3.05) is 7.05 Å². The number of piperidine rings is 2. The average molecular weight is 234 g/mol. The molecule has 2 aliphatic heterocycles. The van der Waals surface area contributed by atoms with Crippen molar-refractivity contribution in [3.05, 3.63) is 18.0 Å². The standard InChI is InChI=1S/C13H22N4/c1-17-12-3-2-4-13(17)8-11(7-12)14-9-10-5-6-15-16-10/h5-6,11-14H,2-4,7-9H2,1H3,(H,15,16). The Balaban J connectivity index is 1.55. The first-order valence-corrected chi connectivity index (χ1v) is 6.76. The lowest BCUT2D eigenvalue weighted by Crippen LogP contribution is -2.54. The minimum Gasteiger partial charge on any atom is -0.308 e. The van der Waals surface area contributed by atoms with Gasteiger partial charge in [-0.2, -0.15) is 5.10 Å². The third-order valence-corrected chi connectivity index (χ3v) is 4.48. The van der Waals surface area contributed by atoms with Crippen LogP contribution in [0.3, 0.4) is 0 Å². The summed E-state index contributed by atoms with van der Waals surface area (Å²) in [5.41, 5.74) is 1.19. The summed E-state index contributed by atoms with van der Waals surface area (Å²) >= 11 is 0. The van der Waals surface area contributed by atoms with E-state index in [1.165, 1.54) is 37.8 Å². The largest absolute Gasteiger partial charge is 0.308 e. The Bertz CT molecular complexity index is 334. The van der Waals surface area contributed by atoms with E-state index >= 15 is 0 Å². The number of fused-ring (bicyclic) bond motifs is 2. The highest BCUT2D eigenvalue weighted by Gasteiger charge is 2.35. The molecule has 1 aromatic heterocycles. The molecule has 2 N–H and O–H groups in total. The van der Waals surface area contributed by atoms with Gasteiger partial charge in [0.2, 0.25) is 0 Å². The molecule has 2 saturated heterocycles. The van der Waals surface area contributed by atoms with Crippen molar-refractivity contribution in [1.82, 2.24) is 20.4 Å². The van der Waals surface area contributed by atoms with Crippen LogP contribution in [0, 0.1) is 0 Å². The van der Waals surface area contributed by atoms with E-state index in [1.807, 2.05) is 12.3 Å². The molecule has 1 aromatic rings. The van der Waals surface area contributed by atoms with Gasteiger partial charge in [0.05, 0.1) is 0 Å². The third kappa shape index (κ3) is 2.38. The molecule has 4 heteroatoms. The lowest BCUT2D eigenvalue weighted by Gasteiger charge is -2.47. The SMILES string of the molecule is CN1C2CCCC1CC(NCc1ccn[nH]1)C2. The fraction of sp³-hybridized carbons (Fsp3) is 0.769. The van der Waals surface area contributed by atoms with Crippen molar-refractivity contribution in [2.45, 2.75) is 56.8 Å². The fourth-order valence-electron chi connectivity index (χ4n) is 3.42. The number of aromatic amines is 1. The van der Waals surface area contributed by atoms with Crippen LogP contribution in [0.2, 0.25) is 0 Å². The topological polar surface area (TPSA) is 44.0 Å². The van der Waals surface area contributed by atoms with Gasteiger partial charge in [0, 0.05) is 36.6 Å². The van der Waals surface area contributed by atoms with Gasteiger partial charge in [0.25, 0.3) is 0 Å². The van der Waals surface area contributed by atoms with E-state index in [4.69, 9.17) is 0 Å². The smallest absolute Gasteiger partial charge is 0.0490 e. The van der Waals surface area contributed by atoms with Crippen molar-refractivity contribution in [2.24, 2.45) is 0 Å². The van der Waals surface area contributed by atoms with E-state index in [1.54, 1.807) is 0 Å². The third-order valence-electron chi connectivity index (χ3n) is 4.48. The molecule has 94 valence electrons. The van der Waals surface area contributed by atoms with Crippen LogP contribution >= 0.6 is 0 Å². The molecule has 0 aromatic carbocycles. The van der Waals surface area contributed by atoms with Gasteiger partial charge < -0.3 is 10.2 Å². The summed E-state index contributed by atoms with van der Waals surface area (Å²) in [5.74, 6) is 0. The van der Waals surface area contributed by atoms with E-state index in [-0.39, 0.29) is 0 Å². The second kappa shape index (κ2) is 4.78. The number of hydrogen-bond donors (Lipinski definition) is 2. The van der Waals surface area contributed by atoms with Crippen LogP contribution in [0.1, 0.15) is 37.8 Å². The normalized spacial score (nSPS) is 33.8. The van der Waals surface area contributed by atoms with Gasteiger partial charge >= 0.3 is 0 Å². The molecule has 2 atom stereocenters. The van der Waals surface area contributed by atoms with Crippen LogP contribution in [-0.4, -0.2) is 40.3 Å². The highest BCUT2D eigenvalue weighted by Crippen LogP contribution is 2.32. The monoisotopic (exact) mass is 234 g/mol. The van der Waals surface area contributed by atoms with Gasteiger partial charge in [0.1, 0.15) is 0 Å². The molecule has 3 rings (SSSR count). The Kier molecular flexibility index (Phi) is 3.16. The molecule has 2 aliphatic rings. The first-order valence-electron chi connectivity index (χ1n) is 6.76. The van der Waals surface area contributed by atoms with Crippen LogP contribution in [0.25, 0.3) is 0 Å². The van der Waals surface area contributed by atoms with E-state index < -0.39 is 0 Å². The molecule has 0 spiro atoms. The number of nitrogens with one attached hydrogen (secondary N) is 2. The zero-order chi connectivity index (χ0) is 11.7. The zero-order valence-electron chi connectivity index (χ0n) is 10.5. The Morgan fingerprint density at radius 1 is 1.41 bits per heavy atom. The molecule has 0 aliphatic carbocycles. The van der Waals surface area contributed by atoms with Gasteiger partial charge in [-0.3, -0.25) is 5.10 Å². The molecule has 17 heavy (non-hydrogen) atoms. The average Bonchev–Trinajstić information content (AvgIpc) is 2.79. The van der Waals surface area contributed by atoms with Crippen molar-refractivity contribution < 1.29 is 0 Å². The molecular formula is C13H22N4. The second-order valence-corrected chi connectivity index (χ2v) is 5.54. The Hall–Kier alpha value is -0.870. The Labute approximate surface area is 103 Å². The number of hydrogen-bond acceptors (Lipinski definition) is 3. The van der Waals surface area contributed by atoms with Gasteiger partial charge in [-0.1, -0.05) is 6.42 Å². The van der Waals surface area contributed by atoms with Gasteiger partial charge in [-0.15, -0.1) is 0 Å². The van der Waals surface area contributed by atoms with Crippen LogP contribution in [0.15, 0.2) is 12.3 Å². The molecular weight excluding hydrogens is 212 g/mol. The number of nitrogens with zero attached hydrogens (tertiary/aromatic N) is 2. The quantitative estimate of drug-likeness (QED) is 0.833. The fourth-order valence-corrected chi connectivity index (χ4v) is 3.42. The first kappa shape index (κ1) is 11.2. The number of aromatic nitrogens is 2. The molecule has 2 unspecified atom stereocenters. The van der Waals surface area contributed by atoms with E-state index in [9.17, 15) is 0 Å². The molecule has 2 bridgehead atoms. The van der Waals surface area contributed by atoms with Crippen molar-refractivity contribution in [3.63, 3.8) is 0 Å². The molecule has 3 heterocycles. The highest BCUT2D eigenvalue weighted by atomic mass is 15.2. The predicted molar refractivity (Wildman–Crippen MR) is 67.6 cm³/mol. The Morgan fingerprint density at radius 3 is 2.82 bits per heavy atom. The summed E-state index contributed by atoms with van der Waals surface area (Å²) in [6.07, 6.45) is 8.63. The minimum atomic E-state index is 0.685. The molecule has 4 nitrogen and oxygen atoms in total. The maximum absolute atomic E-state index is 3.98. The maximum atomic E-state index is 3.98. The van der Waals surface area contributed by atoms with Crippen molar-refractivity contribution in [3.8, 4) is 0 Å². The van der Waals surface area contributed by atoms with Gasteiger partial charge in [0.15, 0.2) is 0 Å². The van der Waals surface area contributed by atoms with Crippen LogP contribution in [0.4, 0.5) is 0 Å². The molecule has 0 saturated carbocycles. The van der Waals surface area contributed by atoms with Gasteiger partial charge in [-0.25, -0.2) is 0 Å². The molecule has 0 radical (unpaired) electrons. The Morgan fingerprint density at radius 2 is 2.18 bits per heavy atom. The number of rotatable bonds is 3. The minimum absolute atomic E-state index is 0.685. The lowest BCUT2D eigenvalue weighted by atomic mass is 9.82. The summed E-state index contributed by atoms with van der Waals surface area (Å²) in [7, 11) is 2.31. The van der Waals surface area contributed by atoms with Crippen LogP contribution in [-0.2, 0) is 6.54 Å². The summed E-state index contributed by atoms with van der Waals surface area (Å²) in [6.45, 7) is 0.924. The van der Waals surface area contributed by atoms with Crippen molar-refractivity contribution >= 4 is 0 Å². The second-order valence-electron chi connectivity index (χ2n) is 5.54. The zero-order valence-corrected chi connectivity index (χ0v) is 10.5. The number of H-pyrrole nitrogens is 1. The molecule has 0 amide bonds. The molecule has 2 fully saturated rings. The summed E-state index contributed by atoms with van der Waals surface area (Å²) in [6, 6.07) is 4.34. The van der Waals surface area contributed by atoms with E-state index in [0.717, 1.165) is 18.6 Å². The van der Waals surface area contributed by atoms with Crippen molar-refractivity contribution in [1.29, 1.82) is 0 Å². The van der Waals surface area contributed by atoms with Gasteiger partial charge in [-0.05, 0) is 38.8 Å². The van der Waals surface area contributed by atoms with E-state index in [2.05, 4.69) is 27.5 Å². The first-order chi connectivity index (χ1) is 8.33. The summed E-state index contributed by atoms with van der Waals surface area (Å²) in [4.78, 5) is 2.61. The predicted octanol–water partition coefficient (Wildman–Crippen LogP) is 1.51. The van der Waals surface area contributed by atoms with Crippen LogP contribution in [0.5, 0.6) is 0 Å². The summed E-state index contributed by atoms with van der Waals surface area (Å²) in [5, 5.41) is 10.7. The maximum Gasteiger partial charge on any atom is 0.0490 e. The summed E-state index contributed by atoms with van der Waals surface area (Å²) < 4.78 is 0. The highest BCUT2D eigenvalue weighted by molar-refractivity contribution is 4.99.